The Morgan fingerprint density at radius 2 is 1.45 bits per heavy atom. The number of carboxylic acid groups (broad SMARTS) is 2. The van der Waals surface area contributed by atoms with Gasteiger partial charge in [-0.3, -0.25) is 0 Å². The quantitative estimate of drug-likeness (QED) is 0.819. The Labute approximate surface area is 122 Å². The van der Waals surface area contributed by atoms with Crippen LogP contribution in [0.1, 0.15) is 26.3 Å². The van der Waals surface area contributed by atoms with Crippen molar-refractivity contribution in [2.45, 2.75) is 20.8 Å². The van der Waals surface area contributed by atoms with E-state index >= 15 is 0 Å². The Kier molecular flexibility index (Phi) is 12.5. The largest absolute Gasteiger partial charge is 0.503 e. The summed E-state index contributed by atoms with van der Waals surface area (Å²) in [5, 5.41) is 13.9. The minimum atomic E-state index is -1.83. The van der Waals surface area contributed by atoms with E-state index in [4.69, 9.17) is 15.0 Å². The molecule has 0 radical (unpaired) electrons. The van der Waals surface area contributed by atoms with Crippen LogP contribution >= 0.6 is 0 Å². The Morgan fingerprint density at radius 3 is 1.60 bits per heavy atom. The van der Waals surface area contributed by atoms with Gasteiger partial charge in [-0.05, 0) is 26.3 Å². The van der Waals surface area contributed by atoms with Gasteiger partial charge in [-0.1, -0.05) is 43.0 Å². The van der Waals surface area contributed by atoms with Crippen LogP contribution in [0.4, 0.5) is 4.79 Å². The fraction of sp³-hybridized carbons (Fsp3) is 0.438. The van der Waals surface area contributed by atoms with Gasteiger partial charge in [-0.15, -0.1) is 0 Å². The van der Waals surface area contributed by atoms with Crippen LogP contribution in [0.5, 0.6) is 0 Å². The summed E-state index contributed by atoms with van der Waals surface area (Å²) >= 11 is 0. The molecule has 0 aliphatic carbocycles. The zero-order valence-electron chi connectivity index (χ0n) is 13.0. The second-order valence-electron chi connectivity index (χ2n) is 4.47. The first-order valence-corrected chi connectivity index (χ1v) is 6.78. The van der Waals surface area contributed by atoms with E-state index in [9.17, 15) is 0 Å². The lowest BCUT2D eigenvalue weighted by atomic mass is 10.2. The first-order chi connectivity index (χ1) is 9.35. The topological polar surface area (TPSA) is 57.5 Å². The molecule has 2 N–H and O–H groups in total. The summed E-state index contributed by atoms with van der Waals surface area (Å²) in [5.41, 5.74) is 1.17. The van der Waals surface area contributed by atoms with Crippen molar-refractivity contribution >= 4 is 12.2 Å². The van der Waals surface area contributed by atoms with Gasteiger partial charge in [0.2, 0.25) is 0 Å². The molecule has 0 saturated carbocycles. The van der Waals surface area contributed by atoms with E-state index in [-0.39, 0.29) is 0 Å². The first-order valence-electron chi connectivity index (χ1n) is 6.78. The molecule has 0 aliphatic rings. The number of hydrogen-bond donors (Lipinski definition) is 2. The van der Waals surface area contributed by atoms with Gasteiger partial charge in [0.05, 0.1) is 26.7 Å². The van der Waals surface area contributed by atoms with Crippen molar-refractivity contribution in [3.8, 4) is 0 Å². The molecule has 0 heterocycles. The maximum Gasteiger partial charge on any atom is 0.503 e. The third-order valence-corrected chi connectivity index (χ3v) is 3.33. The van der Waals surface area contributed by atoms with Gasteiger partial charge in [0, 0.05) is 0 Å². The van der Waals surface area contributed by atoms with Crippen molar-refractivity contribution in [3.05, 3.63) is 42.5 Å². The van der Waals surface area contributed by atoms with E-state index in [1.807, 2.05) is 36.4 Å². The Balaban J connectivity index is 0. The van der Waals surface area contributed by atoms with Crippen LogP contribution in [-0.4, -0.2) is 47.5 Å². The molecule has 0 amide bonds. The summed E-state index contributed by atoms with van der Waals surface area (Å²) in [6.45, 7) is 14.1. The molecule has 0 aromatic heterocycles. The molecule has 4 heteroatoms. The Hall–Kier alpha value is -1.81. The predicted molar refractivity (Wildman–Crippen MR) is 85.0 cm³/mol. The van der Waals surface area contributed by atoms with Crippen LogP contribution in [0.2, 0.25) is 0 Å². The van der Waals surface area contributed by atoms with Gasteiger partial charge >= 0.3 is 6.16 Å². The van der Waals surface area contributed by atoms with E-state index in [2.05, 4.69) is 34.4 Å². The highest BCUT2D eigenvalue weighted by atomic mass is 16.6. The fourth-order valence-corrected chi connectivity index (χ4v) is 1.26. The van der Waals surface area contributed by atoms with Gasteiger partial charge in [-0.2, -0.15) is 0 Å². The SMILES string of the molecule is C=Cc1ccccc1.CC[N+](C)(CC)CC.O=C(O)O. The molecule has 1 aromatic rings. The summed E-state index contributed by atoms with van der Waals surface area (Å²) < 4.78 is 1.21. The summed E-state index contributed by atoms with van der Waals surface area (Å²) in [4.78, 5) is 8.56. The monoisotopic (exact) mass is 282 g/mol. The number of nitrogens with zero attached hydrogens (tertiary/aromatic N) is 1. The van der Waals surface area contributed by atoms with Crippen LogP contribution in [-0.2, 0) is 0 Å². The van der Waals surface area contributed by atoms with Crippen molar-refractivity contribution in [3.63, 3.8) is 0 Å². The molecular weight excluding hydrogens is 254 g/mol. The summed E-state index contributed by atoms with van der Waals surface area (Å²) in [6.07, 6.45) is 0. The number of quaternary nitrogens is 1. The third-order valence-electron chi connectivity index (χ3n) is 3.33. The van der Waals surface area contributed by atoms with Gasteiger partial charge in [0.15, 0.2) is 0 Å². The molecule has 114 valence electrons. The molecule has 1 rings (SSSR count). The third kappa shape index (κ3) is 12.6. The molecule has 0 fully saturated rings. The Morgan fingerprint density at radius 1 is 1.10 bits per heavy atom. The van der Waals surface area contributed by atoms with Crippen molar-refractivity contribution < 1.29 is 19.5 Å². The number of carbonyl (C=O) groups is 1. The normalized spacial score (nSPS) is 9.40. The standard InChI is InChI=1S/C8H8.C7H18N.CH2O3/c1-2-8-6-4-3-5-7-8;1-5-8(4,6-2)7-3;2-1(3)4/h2-7H,1H2;5-7H2,1-4H3;(H2,2,3,4)/q;+1;. The zero-order valence-corrected chi connectivity index (χ0v) is 13.0. The minimum absolute atomic E-state index is 1.17. The van der Waals surface area contributed by atoms with E-state index in [0.29, 0.717) is 0 Å². The van der Waals surface area contributed by atoms with Crippen molar-refractivity contribution in [2.75, 3.05) is 26.7 Å². The molecule has 0 aliphatic heterocycles. The molecule has 0 unspecified atom stereocenters. The van der Waals surface area contributed by atoms with Gasteiger partial charge < -0.3 is 14.7 Å². The molecule has 0 saturated heterocycles. The van der Waals surface area contributed by atoms with Crippen LogP contribution in [0.3, 0.4) is 0 Å². The number of rotatable bonds is 4. The predicted octanol–water partition coefficient (Wildman–Crippen LogP) is 4.04. The summed E-state index contributed by atoms with van der Waals surface area (Å²) in [7, 11) is 2.29. The van der Waals surface area contributed by atoms with Crippen LogP contribution < -0.4 is 0 Å². The van der Waals surface area contributed by atoms with E-state index < -0.39 is 6.16 Å². The first kappa shape index (κ1) is 20.5. The summed E-state index contributed by atoms with van der Waals surface area (Å²) in [5.74, 6) is 0. The molecule has 1 aromatic carbocycles. The maximum absolute atomic E-state index is 8.56. The second kappa shape index (κ2) is 12.2. The fourth-order valence-electron chi connectivity index (χ4n) is 1.26. The van der Waals surface area contributed by atoms with Crippen molar-refractivity contribution in [2.24, 2.45) is 0 Å². The van der Waals surface area contributed by atoms with Gasteiger partial charge in [0.1, 0.15) is 0 Å². The van der Waals surface area contributed by atoms with Crippen molar-refractivity contribution in [1.82, 2.24) is 0 Å². The lowest BCUT2D eigenvalue weighted by Crippen LogP contribution is -2.42. The lowest BCUT2D eigenvalue weighted by molar-refractivity contribution is -0.904. The summed E-state index contributed by atoms with van der Waals surface area (Å²) in [6, 6.07) is 10.0. The average Bonchev–Trinajstić information content (AvgIpc) is 2.47. The van der Waals surface area contributed by atoms with E-state index in [1.54, 1.807) is 0 Å². The maximum atomic E-state index is 8.56. The highest BCUT2D eigenvalue weighted by Crippen LogP contribution is 1.98. The molecule has 4 nitrogen and oxygen atoms in total. The van der Waals surface area contributed by atoms with Crippen LogP contribution in [0.25, 0.3) is 6.08 Å². The highest BCUT2D eigenvalue weighted by Gasteiger charge is 2.10. The Bertz CT molecular complexity index is 347. The minimum Gasteiger partial charge on any atom is -0.450 e. The molecular formula is C16H28NO3+. The molecule has 0 atom stereocenters. The molecule has 0 spiro atoms. The smallest absolute Gasteiger partial charge is 0.450 e. The average molecular weight is 282 g/mol. The van der Waals surface area contributed by atoms with Crippen molar-refractivity contribution in [1.29, 1.82) is 0 Å². The highest BCUT2D eigenvalue weighted by molar-refractivity contribution is 5.53. The van der Waals surface area contributed by atoms with Crippen LogP contribution in [0, 0.1) is 0 Å². The molecule has 20 heavy (non-hydrogen) atoms. The van der Waals surface area contributed by atoms with E-state index in [0.717, 1.165) is 0 Å². The van der Waals surface area contributed by atoms with Gasteiger partial charge in [-0.25, -0.2) is 4.79 Å². The zero-order chi connectivity index (χ0) is 16.0. The number of benzene rings is 1. The van der Waals surface area contributed by atoms with E-state index in [1.165, 1.54) is 29.7 Å². The second-order valence-corrected chi connectivity index (χ2v) is 4.47. The lowest BCUT2D eigenvalue weighted by Gasteiger charge is -2.30. The number of hydrogen-bond acceptors (Lipinski definition) is 1. The van der Waals surface area contributed by atoms with Crippen LogP contribution in [0.15, 0.2) is 36.9 Å². The molecule has 0 bridgehead atoms. The van der Waals surface area contributed by atoms with Gasteiger partial charge in [0.25, 0.3) is 0 Å².